The van der Waals surface area contributed by atoms with Gasteiger partial charge in [-0.3, -0.25) is 0 Å². The molecule has 0 aromatic carbocycles. The van der Waals surface area contributed by atoms with Crippen LogP contribution in [-0.2, 0) is 0 Å². The molecule has 0 aromatic rings. The highest BCUT2D eigenvalue weighted by Crippen LogP contribution is 2.20. The smallest absolute Gasteiger partial charge is 0.314 e. The Morgan fingerprint density at radius 3 is 3.00 bits per heavy atom. The van der Waals surface area contributed by atoms with Gasteiger partial charge in [-0.15, -0.1) is 0 Å². The summed E-state index contributed by atoms with van der Waals surface area (Å²) >= 11 is 0. The number of urea groups is 1. The van der Waals surface area contributed by atoms with Gasteiger partial charge in [0.15, 0.2) is 0 Å². The second-order valence-electron chi connectivity index (χ2n) is 2.97. The number of nitrogens with zero attached hydrogens (tertiary/aromatic N) is 1. The molecule has 11 heavy (non-hydrogen) atoms. The highest BCUT2D eigenvalue weighted by atomic mass is 16.2. The lowest BCUT2D eigenvalue weighted by atomic mass is 9.96. The summed E-state index contributed by atoms with van der Waals surface area (Å²) in [7, 11) is 0. The van der Waals surface area contributed by atoms with Crippen LogP contribution in [0.25, 0.3) is 0 Å². The van der Waals surface area contributed by atoms with Crippen molar-refractivity contribution in [2.24, 2.45) is 5.73 Å². The standard InChI is InChI=1S/C8H15N2O/c1-2-7-4-3-5-10(6-7)8(9)11/h2-6H2,1H3,(H2,9,11). The van der Waals surface area contributed by atoms with Crippen molar-refractivity contribution < 1.29 is 4.79 Å². The van der Waals surface area contributed by atoms with Crippen LogP contribution < -0.4 is 5.73 Å². The van der Waals surface area contributed by atoms with Crippen LogP contribution in [0.1, 0.15) is 26.2 Å². The molecular formula is C8H15N2O. The summed E-state index contributed by atoms with van der Waals surface area (Å²) in [4.78, 5) is 12.5. The molecule has 63 valence electrons. The van der Waals surface area contributed by atoms with Gasteiger partial charge in [0.1, 0.15) is 0 Å². The van der Waals surface area contributed by atoms with Crippen LogP contribution in [0.2, 0.25) is 0 Å². The summed E-state index contributed by atoms with van der Waals surface area (Å²) in [6, 6.07) is -0.282. The molecule has 1 aliphatic heterocycles. The van der Waals surface area contributed by atoms with E-state index in [4.69, 9.17) is 5.73 Å². The molecule has 1 rings (SSSR count). The molecule has 0 aromatic heterocycles. The van der Waals surface area contributed by atoms with Crippen molar-refractivity contribution >= 4 is 6.03 Å². The predicted molar refractivity (Wildman–Crippen MR) is 43.9 cm³/mol. The second-order valence-corrected chi connectivity index (χ2v) is 2.97. The number of amides is 2. The molecule has 0 bridgehead atoms. The molecule has 3 heteroatoms. The lowest BCUT2D eigenvalue weighted by Crippen LogP contribution is -2.42. The number of likely N-dealkylation sites (tertiary alicyclic amines) is 1. The van der Waals surface area contributed by atoms with Gasteiger partial charge in [-0.2, -0.15) is 0 Å². The number of hydrogen-bond donors (Lipinski definition) is 1. The first-order valence-corrected chi connectivity index (χ1v) is 4.12. The Hall–Kier alpha value is -0.730. The Kier molecular flexibility index (Phi) is 2.74. The number of hydrogen-bond acceptors (Lipinski definition) is 1. The molecule has 1 heterocycles. The van der Waals surface area contributed by atoms with Gasteiger partial charge in [-0.05, 0) is 25.2 Å². The maximum absolute atomic E-state index is 10.8. The lowest BCUT2D eigenvalue weighted by molar-refractivity contribution is 0.199. The average Bonchev–Trinajstić information content (AvgIpc) is 2.05. The first-order valence-electron chi connectivity index (χ1n) is 4.12. The fourth-order valence-corrected chi connectivity index (χ4v) is 1.42. The molecule has 3 nitrogen and oxygen atoms in total. The van der Waals surface area contributed by atoms with Crippen molar-refractivity contribution in [3.63, 3.8) is 0 Å². The molecule has 1 fully saturated rings. The van der Waals surface area contributed by atoms with Gasteiger partial charge < -0.3 is 10.6 Å². The third-order valence-corrected chi connectivity index (χ3v) is 2.18. The zero-order chi connectivity index (χ0) is 8.27. The van der Waals surface area contributed by atoms with Crippen molar-refractivity contribution in [3.8, 4) is 0 Å². The maximum Gasteiger partial charge on any atom is 0.314 e. The fraction of sp³-hybridized carbons (Fsp3) is 0.750. The molecule has 0 saturated carbocycles. The Labute approximate surface area is 67.5 Å². The summed E-state index contributed by atoms with van der Waals surface area (Å²) in [5, 5.41) is 0. The number of piperidine rings is 1. The van der Waals surface area contributed by atoms with Crippen LogP contribution >= 0.6 is 0 Å². The molecule has 1 aliphatic rings. The maximum atomic E-state index is 10.8. The monoisotopic (exact) mass is 155 g/mol. The van der Waals surface area contributed by atoms with Gasteiger partial charge in [-0.1, -0.05) is 6.92 Å². The van der Waals surface area contributed by atoms with Crippen LogP contribution in [0.5, 0.6) is 0 Å². The van der Waals surface area contributed by atoms with Crippen molar-refractivity contribution in [2.45, 2.75) is 26.2 Å². The van der Waals surface area contributed by atoms with E-state index in [2.05, 4.69) is 6.92 Å². The Morgan fingerprint density at radius 1 is 1.73 bits per heavy atom. The van der Waals surface area contributed by atoms with Gasteiger partial charge in [0.05, 0.1) is 0 Å². The minimum atomic E-state index is -0.282. The van der Waals surface area contributed by atoms with E-state index >= 15 is 0 Å². The van der Waals surface area contributed by atoms with Crippen molar-refractivity contribution in [1.82, 2.24) is 4.90 Å². The minimum absolute atomic E-state index is 0.282. The van der Waals surface area contributed by atoms with Gasteiger partial charge >= 0.3 is 6.03 Å². The number of nitrogens with two attached hydrogens (primary N) is 1. The first-order chi connectivity index (χ1) is 5.24. The Balaban J connectivity index is 2.39. The van der Waals surface area contributed by atoms with Gasteiger partial charge in [0, 0.05) is 13.1 Å². The van der Waals surface area contributed by atoms with Crippen LogP contribution in [-0.4, -0.2) is 24.0 Å². The zero-order valence-electron chi connectivity index (χ0n) is 6.97. The molecule has 0 unspecified atom stereocenters. The summed E-state index contributed by atoms with van der Waals surface area (Å²) < 4.78 is 0. The second kappa shape index (κ2) is 3.60. The number of carbonyl (C=O) groups is 1. The van der Waals surface area contributed by atoms with E-state index in [0.29, 0.717) is 0 Å². The van der Waals surface area contributed by atoms with Crippen LogP contribution in [0.4, 0.5) is 4.79 Å². The Morgan fingerprint density at radius 2 is 2.45 bits per heavy atom. The van der Waals surface area contributed by atoms with E-state index in [1.807, 2.05) is 0 Å². The third kappa shape index (κ3) is 2.10. The van der Waals surface area contributed by atoms with E-state index in [1.54, 1.807) is 4.90 Å². The van der Waals surface area contributed by atoms with Crippen LogP contribution in [0, 0.1) is 5.92 Å². The molecule has 0 aliphatic carbocycles. The molecule has 1 radical (unpaired) electrons. The highest BCUT2D eigenvalue weighted by molar-refractivity contribution is 5.72. The van der Waals surface area contributed by atoms with Crippen molar-refractivity contribution in [2.75, 3.05) is 13.1 Å². The highest BCUT2D eigenvalue weighted by Gasteiger charge is 2.20. The summed E-state index contributed by atoms with van der Waals surface area (Å²) in [6.45, 7) is 3.74. The third-order valence-electron chi connectivity index (χ3n) is 2.18. The van der Waals surface area contributed by atoms with Crippen LogP contribution in [0.15, 0.2) is 0 Å². The van der Waals surface area contributed by atoms with Gasteiger partial charge in [-0.25, -0.2) is 4.79 Å². The Bertz CT molecular complexity index is 147. The molecule has 2 N–H and O–H groups in total. The fourth-order valence-electron chi connectivity index (χ4n) is 1.42. The number of primary amides is 1. The molecule has 2 amide bonds. The zero-order valence-corrected chi connectivity index (χ0v) is 6.97. The van der Waals surface area contributed by atoms with E-state index < -0.39 is 0 Å². The van der Waals surface area contributed by atoms with E-state index in [0.717, 1.165) is 25.9 Å². The average molecular weight is 155 g/mol. The van der Waals surface area contributed by atoms with Crippen molar-refractivity contribution in [3.05, 3.63) is 5.92 Å². The van der Waals surface area contributed by atoms with Gasteiger partial charge in [0.2, 0.25) is 0 Å². The quantitative estimate of drug-likeness (QED) is 0.606. The SMILES string of the molecule is CC[C]1CCCN(C(N)=O)C1. The largest absolute Gasteiger partial charge is 0.351 e. The van der Waals surface area contributed by atoms with Crippen molar-refractivity contribution in [1.29, 1.82) is 0 Å². The molecular weight excluding hydrogens is 140 g/mol. The van der Waals surface area contributed by atoms with Gasteiger partial charge in [0.25, 0.3) is 0 Å². The molecule has 0 spiro atoms. The number of rotatable bonds is 1. The predicted octanol–water partition coefficient (Wildman–Crippen LogP) is 1.15. The molecule has 0 atom stereocenters. The van der Waals surface area contributed by atoms with E-state index in [1.165, 1.54) is 12.3 Å². The molecule has 1 saturated heterocycles. The summed E-state index contributed by atoms with van der Waals surface area (Å²) in [5.41, 5.74) is 5.16. The van der Waals surface area contributed by atoms with Crippen LogP contribution in [0.3, 0.4) is 0 Å². The van der Waals surface area contributed by atoms with E-state index in [9.17, 15) is 4.79 Å². The lowest BCUT2D eigenvalue weighted by Gasteiger charge is -2.30. The summed E-state index contributed by atoms with van der Waals surface area (Å²) in [5.74, 6) is 1.44. The number of carbonyl (C=O) groups excluding carboxylic acids is 1. The minimum Gasteiger partial charge on any atom is -0.351 e. The first kappa shape index (κ1) is 8.37. The summed E-state index contributed by atoms with van der Waals surface area (Å²) in [6.07, 6.45) is 3.32. The normalized spacial score (nSPS) is 20.3. The van der Waals surface area contributed by atoms with E-state index in [-0.39, 0.29) is 6.03 Å². The topological polar surface area (TPSA) is 46.3 Å².